The maximum atomic E-state index is 11.6. The molecule has 1 aliphatic heterocycles. The Bertz CT molecular complexity index is 240. The summed E-state index contributed by atoms with van der Waals surface area (Å²) in [6.45, 7) is 1.59. The molecule has 0 aromatic heterocycles. The zero-order valence-corrected chi connectivity index (χ0v) is 8.99. The molecule has 3 amide bonds. The second kappa shape index (κ2) is 4.30. The first kappa shape index (κ1) is 10.8. The number of urea groups is 1. The van der Waals surface area contributed by atoms with Gasteiger partial charge in [0.05, 0.1) is 0 Å². The third-order valence-corrected chi connectivity index (χ3v) is 2.33. The highest BCUT2D eigenvalue weighted by Crippen LogP contribution is 2.04. The molecule has 0 aromatic carbocycles. The highest BCUT2D eigenvalue weighted by molar-refractivity contribution is 5.84. The number of hydrogen-bond acceptors (Lipinski definition) is 2. The van der Waals surface area contributed by atoms with Crippen molar-refractivity contribution >= 4 is 11.9 Å². The molecule has 1 fully saturated rings. The quantitative estimate of drug-likeness (QED) is 0.544. The Kier molecular flexibility index (Phi) is 3.33. The van der Waals surface area contributed by atoms with Gasteiger partial charge in [-0.15, -0.1) is 0 Å². The first-order valence-corrected chi connectivity index (χ1v) is 4.72. The van der Waals surface area contributed by atoms with Crippen LogP contribution in [-0.4, -0.2) is 67.4 Å². The van der Waals surface area contributed by atoms with E-state index < -0.39 is 0 Å². The van der Waals surface area contributed by atoms with Crippen molar-refractivity contribution in [3.63, 3.8) is 0 Å². The van der Waals surface area contributed by atoms with Crippen molar-refractivity contribution < 1.29 is 9.59 Å². The van der Waals surface area contributed by atoms with E-state index in [1.54, 1.807) is 30.9 Å². The van der Waals surface area contributed by atoms with Gasteiger partial charge in [-0.3, -0.25) is 4.79 Å². The van der Waals surface area contributed by atoms with Crippen LogP contribution in [0.1, 0.15) is 6.42 Å². The Balaban J connectivity index is 2.63. The van der Waals surface area contributed by atoms with Gasteiger partial charge in [0.2, 0.25) is 5.91 Å². The van der Waals surface area contributed by atoms with Crippen LogP contribution in [0.2, 0.25) is 0 Å². The summed E-state index contributed by atoms with van der Waals surface area (Å²) >= 11 is 0. The van der Waals surface area contributed by atoms with E-state index in [1.165, 1.54) is 4.90 Å². The molecule has 0 N–H and O–H groups in total. The van der Waals surface area contributed by atoms with Gasteiger partial charge in [0.1, 0.15) is 6.54 Å². The number of likely N-dealkylation sites (N-methyl/N-ethyl adjacent to an activating group) is 1. The van der Waals surface area contributed by atoms with Crippen LogP contribution in [0, 0.1) is 0 Å². The molecular weight excluding hydrogens is 182 g/mol. The highest BCUT2D eigenvalue weighted by Gasteiger charge is 2.23. The molecule has 1 rings (SSSR count). The molecule has 0 atom stereocenters. The van der Waals surface area contributed by atoms with Crippen molar-refractivity contribution in [2.45, 2.75) is 6.42 Å². The molecule has 0 saturated carbocycles. The van der Waals surface area contributed by atoms with E-state index in [2.05, 4.69) is 0 Å². The van der Waals surface area contributed by atoms with Gasteiger partial charge < -0.3 is 14.7 Å². The van der Waals surface area contributed by atoms with Gasteiger partial charge >= 0.3 is 6.03 Å². The van der Waals surface area contributed by atoms with Crippen molar-refractivity contribution in [3.05, 3.63) is 0 Å². The average Bonchev–Trinajstić information content (AvgIpc) is 2.28. The van der Waals surface area contributed by atoms with Crippen LogP contribution in [0.4, 0.5) is 4.79 Å². The summed E-state index contributed by atoms with van der Waals surface area (Å²) in [5, 5.41) is 0. The van der Waals surface area contributed by atoms with Crippen molar-refractivity contribution in [1.29, 1.82) is 0 Å². The van der Waals surface area contributed by atoms with Crippen molar-refractivity contribution in [2.24, 2.45) is 0 Å². The fourth-order valence-electron chi connectivity index (χ4n) is 1.43. The smallest absolute Gasteiger partial charge is 0.319 e. The number of nitrogens with zero attached hydrogens (tertiary/aromatic N) is 3. The van der Waals surface area contributed by atoms with Gasteiger partial charge in [-0.05, 0) is 6.42 Å². The summed E-state index contributed by atoms with van der Waals surface area (Å²) in [7, 11) is 5.16. The lowest BCUT2D eigenvalue weighted by molar-refractivity contribution is -0.129. The predicted octanol–water partition coefficient (Wildman–Crippen LogP) is -0.168. The summed E-state index contributed by atoms with van der Waals surface area (Å²) in [5.41, 5.74) is 0. The first-order valence-electron chi connectivity index (χ1n) is 4.72. The van der Waals surface area contributed by atoms with E-state index >= 15 is 0 Å². The van der Waals surface area contributed by atoms with Crippen molar-refractivity contribution in [3.8, 4) is 0 Å². The average molecular weight is 199 g/mol. The first-order chi connectivity index (χ1) is 6.52. The van der Waals surface area contributed by atoms with E-state index in [9.17, 15) is 9.59 Å². The van der Waals surface area contributed by atoms with Crippen LogP contribution in [-0.2, 0) is 4.79 Å². The summed E-state index contributed by atoms with van der Waals surface area (Å²) in [5.74, 6) is 0.0118. The molecule has 0 bridgehead atoms. The maximum absolute atomic E-state index is 11.6. The van der Waals surface area contributed by atoms with Gasteiger partial charge in [0.15, 0.2) is 0 Å². The minimum atomic E-state index is -0.0892. The monoisotopic (exact) mass is 199 g/mol. The normalized spacial score (nSPS) is 18.1. The van der Waals surface area contributed by atoms with Crippen LogP contribution >= 0.6 is 0 Å². The standard InChI is InChI=1S/C9H17N3O2/c1-10(2)9(14)12-6-4-5-11(3)8(13)7-12/h4-7H2,1-3H3. The van der Waals surface area contributed by atoms with Gasteiger partial charge in [-0.25, -0.2) is 4.79 Å². The lowest BCUT2D eigenvalue weighted by Crippen LogP contribution is -2.43. The van der Waals surface area contributed by atoms with E-state index in [-0.39, 0.29) is 18.5 Å². The molecule has 0 radical (unpaired) electrons. The lowest BCUT2D eigenvalue weighted by atomic mass is 10.4. The van der Waals surface area contributed by atoms with E-state index in [4.69, 9.17) is 0 Å². The van der Waals surface area contributed by atoms with Crippen LogP contribution in [0.15, 0.2) is 0 Å². The molecule has 1 heterocycles. The number of amides is 3. The van der Waals surface area contributed by atoms with Gasteiger partial charge in [0, 0.05) is 34.2 Å². The Morgan fingerprint density at radius 2 is 2.00 bits per heavy atom. The molecule has 0 aromatic rings. The molecule has 80 valence electrons. The fraction of sp³-hybridized carbons (Fsp3) is 0.778. The minimum absolute atomic E-state index is 0.0118. The fourth-order valence-corrected chi connectivity index (χ4v) is 1.43. The van der Waals surface area contributed by atoms with Gasteiger partial charge in [0.25, 0.3) is 0 Å². The molecular formula is C9H17N3O2. The van der Waals surface area contributed by atoms with Gasteiger partial charge in [-0.1, -0.05) is 0 Å². The topological polar surface area (TPSA) is 43.9 Å². The van der Waals surface area contributed by atoms with Crippen LogP contribution in [0.5, 0.6) is 0 Å². The highest BCUT2D eigenvalue weighted by atomic mass is 16.2. The molecule has 1 aliphatic rings. The number of hydrogen-bond donors (Lipinski definition) is 0. The summed E-state index contributed by atoms with van der Waals surface area (Å²) in [4.78, 5) is 27.8. The van der Waals surface area contributed by atoms with Crippen LogP contribution < -0.4 is 0 Å². The maximum Gasteiger partial charge on any atom is 0.319 e. The molecule has 0 spiro atoms. The summed E-state index contributed by atoms with van der Waals surface area (Å²) in [6, 6.07) is -0.0892. The van der Waals surface area contributed by atoms with Crippen LogP contribution in [0.3, 0.4) is 0 Å². The molecule has 5 nitrogen and oxygen atoms in total. The van der Waals surface area contributed by atoms with E-state index in [0.717, 1.165) is 13.0 Å². The Labute approximate surface area is 84.3 Å². The third kappa shape index (κ3) is 2.37. The van der Waals surface area contributed by atoms with Gasteiger partial charge in [-0.2, -0.15) is 0 Å². The van der Waals surface area contributed by atoms with Crippen molar-refractivity contribution in [1.82, 2.24) is 14.7 Å². The second-order valence-corrected chi connectivity index (χ2v) is 3.77. The SMILES string of the molecule is CN(C)C(=O)N1CCCN(C)C(=O)C1. The third-order valence-electron chi connectivity index (χ3n) is 2.33. The Morgan fingerprint density at radius 1 is 1.36 bits per heavy atom. The molecule has 14 heavy (non-hydrogen) atoms. The minimum Gasteiger partial charge on any atom is -0.344 e. The molecule has 0 aliphatic carbocycles. The summed E-state index contributed by atoms with van der Waals surface area (Å²) in [6.07, 6.45) is 0.849. The Hall–Kier alpha value is -1.26. The number of rotatable bonds is 0. The molecule has 0 unspecified atom stereocenters. The lowest BCUT2D eigenvalue weighted by Gasteiger charge is -2.23. The predicted molar refractivity (Wildman–Crippen MR) is 52.9 cm³/mol. The second-order valence-electron chi connectivity index (χ2n) is 3.77. The largest absolute Gasteiger partial charge is 0.344 e. The van der Waals surface area contributed by atoms with Crippen molar-refractivity contribution in [2.75, 3.05) is 40.8 Å². The van der Waals surface area contributed by atoms with E-state index in [1.807, 2.05) is 0 Å². The van der Waals surface area contributed by atoms with E-state index in [0.29, 0.717) is 6.54 Å². The zero-order valence-electron chi connectivity index (χ0n) is 8.99. The Morgan fingerprint density at radius 3 is 2.57 bits per heavy atom. The number of carbonyl (C=O) groups excluding carboxylic acids is 2. The molecule has 5 heteroatoms. The molecule has 1 saturated heterocycles. The van der Waals surface area contributed by atoms with Crippen LogP contribution in [0.25, 0.3) is 0 Å². The zero-order chi connectivity index (χ0) is 10.7. The summed E-state index contributed by atoms with van der Waals surface area (Å²) < 4.78 is 0. The number of carbonyl (C=O) groups is 2.